The van der Waals surface area contributed by atoms with Crippen molar-refractivity contribution in [3.63, 3.8) is 0 Å². The summed E-state index contributed by atoms with van der Waals surface area (Å²) in [4.78, 5) is 12.6. The van der Waals surface area contributed by atoms with Crippen LogP contribution in [0.15, 0.2) is 36.4 Å². The van der Waals surface area contributed by atoms with Crippen LogP contribution in [-0.4, -0.2) is 16.0 Å². The quantitative estimate of drug-likeness (QED) is 0.619. The molecule has 0 spiro atoms. The van der Waals surface area contributed by atoms with E-state index >= 15 is 0 Å². The fourth-order valence-electron chi connectivity index (χ4n) is 2.72. The van der Waals surface area contributed by atoms with E-state index in [1.807, 2.05) is 19.9 Å². The lowest BCUT2D eigenvalue weighted by atomic mass is 9.91. The van der Waals surface area contributed by atoms with Gasteiger partial charge in [0.1, 0.15) is 11.5 Å². The zero-order chi connectivity index (χ0) is 16.1. The van der Waals surface area contributed by atoms with E-state index < -0.39 is 0 Å². The molecule has 0 unspecified atom stereocenters. The minimum atomic E-state index is -0.270. The third-order valence-corrected chi connectivity index (χ3v) is 3.78. The predicted octanol–water partition coefficient (Wildman–Crippen LogP) is 4.23. The number of hydrogen-bond acceptors (Lipinski definition) is 3. The van der Waals surface area contributed by atoms with E-state index in [9.17, 15) is 15.0 Å². The molecular weight excluding hydrogens is 276 g/mol. The zero-order valence-electron chi connectivity index (χ0n) is 13.1. The van der Waals surface area contributed by atoms with Crippen molar-refractivity contribution in [2.24, 2.45) is 0 Å². The molecule has 22 heavy (non-hydrogen) atoms. The molecule has 0 bridgehead atoms. The molecule has 2 aromatic rings. The van der Waals surface area contributed by atoms with E-state index in [2.05, 4.69) is 0 Å². The number of aromatic hydroxyl groups is 2. The van der Waals surface area contributed by atoms with Crippen LogP contribution in [0.4, 0.5) is 0 Å². The van der Waals surface area contributed by atoms with Crippen molar-refractivity contribution in [2.75, 3.05) is 0 Å². The molecule has 0 radical (unpaired) electrons. The van der Waals surface area contributed by atoms with Gasteiger partial charge in [0.2, 0.25) is 0 Å². The van der Waals surface area contributed by atoms with Gasteiger partial charge in [0, 0.05) is 16.7 Å². The van der Waals surface area contributed by atoms with Crippen LogP contribution in [0.25, 0.3) is 0 Å². The normalized spacial score (nSPS) is 10.6. The smallest absolute Gasteiger partial charge is 0.196 e. The largest absolute Gasteiger partial charge is 0.508 e. The first-order chi connectivity index (χ1) is 10.6. The van der Waals surface area contributed by atoms with Crippen molar-refractivity contribution in [1.82, 2.24) is 0 Å². The van der Waals surface area contributed by atoms with Crippen LogP contribution in [-0.2, 0) is 12.8 Å². The molecule has 3 nitrogen and oxygen atoms in total. The summed E-state index contributed by atoms with van der Waals surface area (Å²) in [6.07, 6.45) is 3.04. The fraction of sp³-hybridized carbons (Fsp3) is 0.316. The van der Waals surface area contributed by atoms with E-state index in [1.54, 1.807) is 24.3 Å². The second-order valence-electron chi connectivity index (χ2n) is 5.44. The van der Waals surface area contributed by atoms with Crippen molar-refractivity contribution in [3.8, 4) is 11.5 Å². The number of benzene rings is 2. The molecule has 0 fully saturated rings. The van der Waals surface area contributed by atoms with Gasteiger partial charge in [-0.15, -0.1) is 0 Å². The van der Waals surface area contributed by atoms with E-state index in [0.717, 1.165) is 18.4 Å². The third-order valence-electron chi connectivity index (χ3n) is 3.78. The molecule has 0 aliphatic rings. The standard InChI is InChI=1S/C19H22O3/c1-3-8-14-15(9-4-2)19(22)16(12-17(14)20)18(21)13-10-6-5-7-11-13/h5-7,10-12,20,22H,3-4,8-9H2,1-2H3. The van der Waals surface area contributed by atoms with E-state index in [0.29, 0.717) is 24.0 Å². The maximum absolute atomic E-state index is 12.6. The maximum atomic E-state index is 12.6. The molecule has 0 aliphatic carbocycles. The molecule has 0 aliphatic heterocycles. The van der Waals surface area contributed by atoms with Crippen LogP contribution < -0.4 is 0 Å². The molecule has 0 saturated heterocycles. The Balaban J connectivity index is 2.55. The monoisotopic (exact) mass is 298 g/mol. The van der Waals surface area contributed by atoms with Crippen LogP contribution in [0, 0.1) is 0 Å². The highest BCUT2D eigenvalue weighted by molar-refractivity contribution is 6.11. The lowest BCUT2D eigenvalue weighted by molar-refractivity contribution is 0.103. The molecule has 2 aromatic carbocycles. The molecule has 0 aromatic heterocycles. The predicted molar refractivity (Wildman–Crippen MR) is 87.6 cm³/mol. The van der Waals surface area contributed by atoms with E-state index in [-0.39, 0.29) is 22.8 Å². The van der Waals surface area contributed by atoms with Gasteiger partial charge in [-0.3, -0.25) is 4.79 Å². The van der Waals surface area contributed by atoms with Crippen LogP contribution >= 0.6 is 0 Å². The number of carbonyl (C=O) groups is 1. The van der Waals surface area contributed by atoms with Crippen molar-refractivity contribution < 1.29 is 15.0 Å². The highest BCUT2D eigenvalue weighted by Crippen LogP contribution is 2.36. The van der Waals surface area contributed by atoms with E-state index in [4.69, 9.17) is 0 Å². The molecule has 0 saturated carbocycles. The summed E-state index contributed by atoms with van der Waals surface area (Å²) < 4.78 is 0. The number of rotatable bonds is 6. The maximum Gasteiger partial charge on any atom is 0.196 e. The molecule has 2 N–H and O–H groups in total. The van der Waals surface area contributed by atoms with Gasteiger partial charge in [0.15, 0.2) is 5.78 Å². The van der Waals surface area contributed by atoms with Gasteiger partial charge < -0.3 is 10.2 Å². The van der Waals surface area contributed by atoms with Crippen LogP contribution in [0.3, 0.4) is 0 Å². The zero-order valence-corrected chi connectivity index (χ0v) is 13.1. The molecule has 0 atom stereocenters. The molecule has 2 rings (SSSR count). The molecule has 0 heterocycles. The lowest BCUT2D eigenvalue weighted by Gasteiger charge is -2.16. The fourth-order valence-corrected chi connectivity index (χ4v) is 2.72. The Morgan fingerprint density at radius 2 is 1.55 bits per heavy atom. The Morgan fingerprint density at radius 3 is 2.14 bits per heavy atom. The Labute approximate surface area is 131 Å². The van der Waals surface area contributed by atoms with Gasteiger partial charge >= 0.3 is 0 Å². The number of phenolic OH excluding ortho intramolecular Hbond substituents is 2. The Kier molecular flexibility index (Phi) is 5.21. The van der Waals surface area contributed by atoms with Gasteiger partial charge in [-0.1, -0.05) is 57.0 Å². The highest BCUT2D eigenvalue weighted by atomic mass is 16.3. The topological polar surface area (TPSA) is 57.5 Å². The summed E-state index contributed by atoms with van der Waals surface area (Å²) in [5, 5.41) is 20.8. The summed E-state index contributed by atoms with van der Waals surface area (Å²) in [7, 11) is 0. The minimum absolute atomic E-state index is 0.0111. The van der Waals surface area contributed by atoms with Gasteiger partial charge in [-0.2, -0.15) is 0 Å². The Bertz CT molecular complexity index is 660. The summed E-state index contributed by atoms with van der Waals surface area (Å²) >= 11 is 0. The molecule has 0 amide bonds. The van der Waals surface area contributed by atoms with Gasteiger partial charge in [0.25, 0.3) is 0 Å². The molecule has 3 heteroatoms. The Hall–Kier alpha value is -2.29. The van der Waals surface area contributed by atoms with Crippen molar-refractivity contribution >= 4 is 5.78 Å². The molecular formula is C19H22O3. The first-order valence-corrected chi connectivity index (χ1v) is 7.76. The summed E-state index contributed by atoms with van der Waals surface area (Å²) in [5.74, 6) is -0.159. The number of ketones is 1. The molecule has 116 valence electrons. The second-order valence-corrected chi connectivity index (χ2v) is 5.44. The minimum Gasteiger partial charge on any atom is -0.508 e. The van der Waals surface area contributed by atoms with Gasteiger partial charge in [-0.05, 0) is 18.9 Å². The lowest BCUT2D eigenvalue weighted by Crippen LogP contribution is -2.06. The number of carbonyl (C=O) groups excluding carboxylic acids is 1. The summed E-state index contributed by atoms with van der Waals surface area (Å²) in [5.41, 5.74) is 2.13. The van der Waals surface area contributed by atoms with Crippen LogP contribution in [0.1, 0.15) is 53.7 Å². The number of hydrogen-bond donors (Lipinski definition) is 2. The van der Waals surface area contributed by atoms with Crippen LogP contribution in [0.5, 0.6) is 11.5 Å². The third kappa shape index (κ3) is 3.14. The second kappa shape index (κ2) is 7.12. The first kappa shape index (κ1) is 16.1. The van der Waals surface area contributed by atoms with Crippen molar-refractivity contribution in [1.29, 1.82) is 0 Å². The SMILES string of the molecule is CCCc1c(O)cc(C(=O)c2ccccc2)c(O)c1CCC. The Morgan fingerprint density at radius 1 is 0.955 bits per heavy atom. The summed E-state index contributed by atoms with van der Waals surface area (Å²) in [6.45, 7) is 4.03. The summed E-state index contributed by atoms with van der Waals surface area (Å²) in [6, 6.07) is 10.2. The van der Waals surface area contributed by atoms with Gasteiger partial charge in [0.05, 0.1) is 5.56 Å². The highest BCUT2D eigenvalue weighted by Gasteiger charge is 2.21. The van der Waals surface area contributed by atoms with E-state index in [1.165, 1.54) is 6.07 Å². The average molecular weight is 298 g/mol. The van der Waals surface area contributed by atoms with Crippen LogP contribution in [0.2, 0.25) is 0 Å². The first-order valence-electron chi connectivity index (χ1n) is 7.76. The average Bonchev–Trinajstić information content (AvgIpc) is 2.54. The van der Waals surface area contributed by atoms with Crippen molar-refractivity contribution in [2.45, 2.75) is 39.5 Å². The van der Waals surface area contributed by atoms with Gasteiger partial charge in [-0.25, -0.2) is 0 Å². The number of phenols is 2. The van der Waals surface area contributed by atoms with Crippen molar-refractivity contribution in [3.05, 3.63) is 58.7 Å².